The van der Waals surface area contributed by atoms with Gasteiger partial charge >= 0.3 is 11.9 Å². The van der Waals surface area contributed by atoms with Crippen LogP contribution in [-0.2, 0) is 4.74 Å². The van der Waals surface area contributed by atoms with E-state index in [-0.39, 0.29) is 28.6 Å². The fourth-order valence-electron chi connectivity index (χ4n) is 6.11. The molecule has 1 heterocycles. The lowest BCUT2D eigenvalue weighted by atomic mass is 9.90. The van der Waals surface area contributed by atoms with Crippen molar-refractivity contribution in [2.75, 3.05) is 32.8 Å². The highest BCUT2D eigenvalue weighted by atomic mass is 16.6. The number of nitrogens with zero attached hydrogens (tertiary/aromatic N) is 7. The smallest absolute Gasteiger partial charge is 0.450 e. The van der Waals surface area contributed by atoms with Crippen molar-refractivity contribution in [3.05, 3.63) is 165 Å². The highest BCUT2D eigenvalue weighted by Crippen LogP contribution is 2.36. The molecule has 1 aliphatic heterocycles. The maximum absolute atomic E-state index is 12.4. The number of nitrogens with one attached hydrogen (secondary N) is 1. The quantitative estimate of drug-likeness (QED) is 0.110. The number of piperazine rings is 1. The number of carbonyl (C=O) groups is 1. The third kappa shape index (κ3) is 9.07. The molecule has 0 bridgehead atoms. The SMILES string of the molecule is [C-]#[N+]C([N+]#[C-])=C(/C(C#N)=C/C=C/C1=C(N2CCN(C(=O)OCC)CC2)C(=C/C=C/C(C#N)=C(c2ccccc2)C(C#N)C=N)/CC1)c1ccccc1. The third-order valence-corrected chi connectivity index (χ3v) is 8.51. The molecular formula is C42H36N8O2. The lowest BCUT2D eigenvalue weighted by Gasteiger charge is -2.37. The molecular weight excluding hydrogens is 649 g/mol. The first-order valence-electron chi connectivity index (χ1n) is 16.6. The van der Waals surface area contributed by atoms with Gasteiger partial charge in [-0.25, -0.2) is 4.79 Å². The van der Waals surface area contributed by atoms with Crippen LogP contribution < -0.4 is 0 Å². The van der Waals surface area contributed by atoms with Crippen molar-refractivity contribution in [3.63, 3.8) is 0 Å². The van der Waals surface area contributed by atoms with Crippen molar-refractivity contribution in [3.8, 4) is 18.2 Å². The zero-order chi connectivity index (χ0) is 37.3. The van der Waals surface area contributed by atoms with Crippen LogP contribution >= 0.6 is 0 Å². The van der Waals surface area contributed by atoms with Crippen LogP contribution in [0.15, 0.2) is 131 Å². The summed E-state index contributed by atoms with van der Waals surface area (Å²) in [7, 11) is 0. The van der Waals surface area contributed by atoms with E-state index < -0.39 is 5.92 Å². The Kier molecular flexibility index (Phi) is 13.8. The van der Waals surface area contributed by atoms with E-state index >= 15 is 0 Å². The van der Waals surface area contributed by atoms with Gasteiger partial charge in [-0.15, -0.1) is 0 Å². The van der Waals surface area contributed by atoms with Gasteiger partial charge in [-0.3, -0.25) is 0 Å². The first-order valence-corrected chi connectivity index (χ1v) is 16.6. The van der Waals surface area contributed by atoms with Gasteiger partial charge in [-0.2, -0.15) is 25.5 Å². The largest absolute Gasteiger partial charge is 0.528 e. The normalized spacial score (nSPS) is 16.3. The summed E-state index contributed by atoms with van der Waals surface area (Å²) in [6.45, 7) is 19.2. The second kappa shape index (κ2) is 19.1. The fraction of sp³-hybridized carbons (Fsp3) is 0.214. The first kappa shape index (κ1) is 37.6. The van der Waals surface area contributed by atoms with Crippen LogP contribution in [0.25, 0.3) is 20.8 Å². The number of ether oxygens (including phenoxy) is 1. The van der Waals surface area contributed by atoms with E-state index in [1.54, 1.807) is 60.4 Å². The number of nitriles is 3. The van der Waals surface area contributed by atoms with Crippen LogP contribution in [0, 0.1) is 58.5 Å². The molecule has 1 amide bonds. The molecule has 256 valence electrons. The van der Waals surface area contributed by atoms with Gasteiger partial charge in [-0.1, -0.05) is 85.0 Å². The number of allylic oxidation sites excluding steroid dienone is 12. The molecule has 0 spiro atoms. The molecule has 4 rings (SSSR count). The van der Waals surface area contributed by atoms with Gasteiger partial charge in [0.15, 0.2) is 0 Å². The molecule has 2 aliphatic rings. The van der Waals surface area contributed by atoms with Crippen LogP contribution in [0.2, 0.25) is 0 Å². The Morgan fingerprint density at radius 3 is 2.15 bits per heavy atom. The fourth-order valence-corrected chi connectivity index (χ4v) is 6.11. The van der Waals surface area contributed by atoms with E-state index in [2.05, 4.69) is 32.8 Å². The summed E-state index contributed by atoms with van der Waals surface area (Å²) in [6, 6.07) is 24.6. The Morgan fingerprint density at radius 2 is 1.60 bits per heavy atom. The minimum Gasteiger partial charge on any atom is -0.450 e. The van der Waals surface area contributed by atoms with Gasteiger partial charge < -0.3 is 19.9 Å². The molecule has 1 atom stereocenters. The van der Waals surface area contributed by atoms with Crippen molar-refractivity contribution in [1.82, 2.24) is 9.80 Å². The van der Waals surface area contributed by atoms with Gasteiger partial charge in [0.1, 0.15) is 19.1 Å². The van der Waals surface area contributed by atoms with Crippen molar-refractivity contribution in [2.24, 2.45) is 5.92 Å². The molecule has 2 aromatic rings. The molecule has 1 unspecified atom stereocenters. The second-order valence-corrected chi connectivity index (χ2v) is 11.5. The van der Waals surface area contributed by atoms with E-state index in [1.807, 2.05) is 48.6 Å². The molecule has 52 heavy (non-hydrogen) atoms. The Bertz CT molecular complexity index is 2080. The van der Waals surface area contributed by atoms with E-state index in [9.17, 15) is 20.6 Å². The molecule has 0 aromatic heterocycles. The average molecular weight is 685 g/mol. The number of benzene rings is 2. The number of carbonyl (C=O) groups excluding carboxylic acids is 1. The predicted molar refractivity (Wildman–Crippen MR) is 200 cm³/mol. The first-order chi connectivity index (χ1) is 25.4. The summed E-state index contributed by atoms with van der Waals surface area (Å²) in [4.78, 5) is 23.1. The molecule has 1 fully saturated rings. The van der Waals surface area contributed by atoms with E-state index in [0.717, 1.165) is 23.1 Å². The van der Waals surface area contributed by atoms with Crippen molar-refractivity contribution in [2.45, 2.75) is 19.8 Å². The van der Waals surface area contributed by atoms with Crippen molar-refractivity contribution >= 4 is 23.5 Å². The summed E-state index contributed by atoms with van der Waals surface area (Å²) in [5, 5.41) is 37.8. The van der Waals surface area contributed by atoms with Crippen LogP contribution in [0.5, 0.6) is 0 Å². The molecule has 0 radical (unpaired) electrons. The van der Waals surface area contributed by atoms with Gasteiger partial charge in [0.05, 0.1) is 41.5 Å². The summed E-state index contributed by atoms with van der Waals surface area (Å²) < 4.78 is 5.21. The zero-order valence-electron chi connectivity index (χ0n) is 28.8. The molecule has 1 aliphatic carbocycles. The number of hydrogen-bond acceptors (Lipinski definition) is 7. The maximum atomic E-state index is 12.4. The highest BCUT2D eigenvalue weighted by Gasteiger charge is 2.28. The van der Waals surface area contributed by atoms with Crippen molar-refractivity contribution in [1.29, 1.82) is 21.2 Å². The van der Waals surface area contributed by atoms with E-state index in [4.69, 9.17) is 23.3 Å². The average Bonchev–Trinajstić information content (AvgIpc) is 3.59. The van der Waals surface area contributed by atoms with Crippen molar-refractivity contribution < 1.29 is 9.53 Å². The molecule has 1 N–H and O–H groups in total. The number of rotatable bonds is 11. The number of hydrogen-bond donors (Lipinski definition) is 1. The van der Waals surface area contributed by atoms with Gasteiger partial charge in [0.2, 0.25) is 0 Å². The molecule has 1 saturated heterocycles. The molecule has 10 heteroatoms. The van der Waals surface area contributed by atoms with Gasteiger partial charge in [-0.05, 0) is 59.8 Å². The third-order valence-electron chi connectivity index (χ3n) is 8.51. The summed E-state index contributed by atoms with van der Waals surface area (Å²) in [5.74, 6) is -1.08. The van der Waals surface area contributed by atoms with Crippen LogP contribution in [0.4, 0.5) is 4.79 Å². The Labute approximate surface area is 304 Å². The van der Waals surface area contributed by atoms with E-state index in [1.165, 1.54) is 0 Å². The molecule has 10 nitrogen and oxygen atoms in total. The van der Waals surface area contributed by atoms with Crippen LogP contribution in [-0.4, -0.2) is 54.9 Å². The summed E-state index contributed by atoms with van der Waals surface area (Å²) in [5.41, 5.74) is 5.50. The molecule has 2 aromatic carbocycles. The highest BCUT2D eigenvalue weighted by molar-refractivity contribution is 5.89. The maximum Gasteiger partial charge on any atom is 0.528 e. The summed E-state index contributed by atoms with van der Waals surface area (Å²) >= 11 is 0. The Balaban J connectivity index is 1.76. The lowest BCUT2D eigenvalue weighted by Crippen LogP contribution is -2.48. The zero-order valence-corrected chi connectivity index (χ0v) is 28.8. The Morgan fingerprint density at radius 1 is 0.942 bits per heavy atom. The Hall–Kier alpha value is -7.19. The minimum atomic E-state index is -0.895. The summed E-state index contributed by atoms with van der Waals surface area (Å²) in [6.07, 6.45) is 12.8. The standard InChI is InChI=1S/C42H36N8O2/c1-4-52-42(51)50-25-23-49(24-26-50)40-33(17-11-19-35(27-43)38(37(29-45)30-46)31-13-7-5-8-14-31)21-22-34(40)18-12-20-36(28-44)39(41(47-2)48-3)32-15-9-6-10-16-32/h5-20,29,37,45H,4,21-26H2,1H3/b18-12+,19-11+,33-17+,36-20+,38-35?,45-29?. The van der Waals surface area contributed by atoms with Gasteiger partial charge in [0, 0.05) is 38.1 Å². The minimum absolute atomic E-state index is 0.187. The lowest BCUT2D eigenvalue weighted by molar-refractivity contribution is 0.0873. The number of amides is 1. The molecule has 0 saturated carbocycles. The van der Waals surface area contributed by atoms with Crippen LogP contribution in [0.3, 0.4) is 0 Å². The topological polar surface area (TPSA) is 137 Å². The van der Waals surface area contributed by atoms with Gasteiger partial charge in [0.25, 0.3) is 0 Å². The van der Waals surface area contributed by atoms with E-state index in [0.29, 0.717) is 62.3 Å². The monoisotopic (exact) mass is 684 g/mol. The second-order valence-electron chi connectivity index (χ2n) is 11.5. The predicted octanol–water partition coefficient (Wildman–Crippen LogP) is 8.27. The van der Waals surface area contributed by atoms with Crippen LogP contribution in [0.1, 0.15) is 30.9 Å².